The van der Waals surface area contributed by atoms with E-state index in [-0.39, 0.29) is 32.2 Å². The predicted molar refractivity (Wildman–Crippen MR) is 145 cm³/mol. The first-order valence-corrected chi connectivity index (χ1v) is 16.0. The number of nitrogens with one attached hydrogen (secondary N) is 1. The minimum atomic E-state index is -5.56. The Hall–Kier alpha value is -1.57. The number of hydrogen-bond acceptors (Lipinski definition) is 8. The largest absolute Gasteiger partial charge is 0.369 e. The molecule has 1 atom stereocenters. The van der Waals surface area contributed by atoms with Crippen molar-refractivity contribution in [3.63, 3.8) is 0 Å². The molecule has 0 spiro atoms. The molecule has 0 aliphatic carbocycles. The normalized spacial score (nSPS) is 13.0. The molecule has 1 aromatic rings. The Labute approximate surface area is 235 Å². The van der Waals surface area contributed by atoms with Crippen LogP contribution in [0.5, 0.6) is 0 Å². The summed E-state index contributed by atoms with van der Waals surface area (Å²) >= 11 is 11.6. The van der Waals surface area contributed by atoms with Crippen molar-refractivity contribution >= 4 is 62.3 Å². The highest BCUT2D eigenvalue weighted by Gasteiger charge is 2.58. The zero-order valence-electron chi connectivity index (χ0n) is 20.9. The number of alkyl halides is 2. The van der Waals surface area contributed by atoms with Crippen molar-refractivity contribution in [2.24, 2.45) is 5.73 Å². The van der Waals surface area contributed by atoms with E-state index in [1.807, 2.05) is 17.0 Å². The van der Waals surface area contributed by atoms with Crippen LogP contribution in [0.3, 0.4) is 0 Å². The number of halogens is 2. The molecule has 0 heterocycles. The van der Waals surface area contributed by atoms with Crippen LogP contribution in [0, 0.1) is 0 Å². The molecule has 1 rings (SSSR count). The number of anilines is 1. The summed E-state index contributed by atoms with van der Waals surface area (Å²) in [7, 11) is -11.1. The van der Waals surface area contributed by atoms with Gasteiger partial charge in [-0.1, -0.05) is 12.1 Å². The molecule has 1 aromatic carbocycles. The molecule has 18 heteroatoms. The van der Waals surface area contributed by atoms with Gasteiger partial charge in [0.2, 0.25) is 18.2 Å². The van der Waals surface area contributed by atoms with Crippen molar-refractivity contribution < 1.29 is 48.2 Å². The number of imide groups is 1. The molecule has 0 saturated heterocycles. The smallest absolute Gasteiger partial charge is 0.369 e. The Bertz CT molecular complexity index is 1030. The third-order valence-corrected chi connectivity index (χ3v) is 9.92. The Morgan fingerprint density at radius 1 is 1.03 bits per heavy atom. The summed E-state index contributed by atoms with van der Waals surface area (Å²) in [5.41, 5.74) is 7.57. The van der Waals surface area contributed by atoms with Gasteiger partial charge in [0.15, 0.2) is 0 Å². The second-order valence-corrected chi connectivity index (χ2v) is 13.3. The molecule has 0 aliphatic heterocycles. The van der Waals surface area contributed by atoms with Gasteiger partial charge >= 0.3 is 15.2 Å². The van der Waals surface area contributed by atoms with Crippen molar-refractivity contribution in [2.75, 3.05) is 42.8 Å². The van der Waals surface area contributed by atoms with Gasteiger partial charge in [-0.05, 0) is 43.4 Å². The number of carbonyl (C=O) groups excluding carboxylic acids is 3. The summed E-state index contributed by atoms with van der Waals surface area (Å²) in [6.07, 6.45) is -0.947. The molecule has 3 amide bonds. The van der Waals surface area contributed by atoms with Crippen LogP contribution in [-0.2, 0) is 29.9 Å². The van der Waals surface area contributed by atoms with Crippen molar-refractivity contribution in [3.8, 4) is 0 Å². The molecule has 222 valence electrons. The highest BCUT2D eigenvalue weighted by molar-refractivity contribution is 7.72. The van der Waals surface area contributed by atoms with E-state index in [9.17, 15) is 28.6 Å². The lowest BCUT2D eigenvalue weighted by Crippen LogP contribution is -2.48. The molecule has 14 nitrogen and oxygen atoms in total. The van der Waals surface area contributed by atoms with Crippen LogP contribution in [0.2, 0.25) is 0 Å². The zero-order valence-corrected chi connectivity index (χ0v) is 24.2. The summed E-state index contributed by atoms with van der Waals surface area (Å²) < 4.78 is 22.7. The van der Waals surface area contributed by atoms with Crippen LogP contribution in [0.15, 0.2) is 24.3 Å². The number of nitrogens with two attached hydrogens (primary N) is 1. The summed E-state index contributed by atoms with van der Waals surface area (Å²) in [6, 6.07) is 6.09. The molecule has 39 heavy (non-hydrogen) atoms. The van der Waals surface area contributed by atoms with E-state index in [1.54, 1.807) is 12.1 Å². The van der Waals surface area contributed by atoms with Gasteiger partial charge in [0.05, 0.1) is 6.04 Å². The quantitative estimate of drug-likeness (QED) is 0.0494. The Morgan fingerprint density at radius 3 is 2.03 bits per heavy atom. The first-order chi connectivity index (χ1) is 18.1. The van der Waals surface area contributed by atoms with E-state index >= 15 is 0 Å². The van der Waals surface area contributed by atoms with Gasteiger partial charge in [-0.3, -0.25) is 28.4 Å². The molecule has 0 radical (unpaired) electrons. The van der Waals surface area contributed by atoms with E-state index in [0.29, 0.717) is 29.7 Å². The van der Waals surface area contributed by atoms with Crippen molar-refractivity contribution in [2.45, 2.75) is 36.8 Å². The van der Waals surface area contributed by atoms with Crippen LogP contribution >= 0.6 is 38.4 Å². The van der Waals surface area contributed by atoms with E-state index in [2.05, 4.69) is 5.32 Å². The van der Waals surface area contributed by atoms with Gasteiger partial charge in [0.25, 0.3) is 5.08 Å². The number of nitrogens with zero attached hydrogens (tertiary/aromatic N) is 2. The van der Waals surface area contributed by atoms with Gasteiger partial charge in [-0.2, -0.15) is 0 Å². The van der Waals surface area contributed by atoms with Crippen LogP contribution in [0.1, 0.15) is 24.8 Å². The number of benzene rings is 1. The van der Waals surface area contributed by atoms with Crippen molar-refractivity contribution in [1.82, 2.24) is 10.2 Å². The monoisotopic (exact) mass is 634 g/mol. The lowest BCUT2D eigenvalue weighted by molar-refractivity contribution is -0.142. The SMILES string of the molecule is N[C@@H](Cc1ccc(N(CCCl)CCCl)cc1)C(=O)N(C=O)CC(=O)NCCCCC(O)(P(=O)(O)O)P(=O)(O)O. The minimum absolute atomic E-state index is 0.0220. The molecule has 0 saturated carbocycles. The number of rotatable bonds is 18. The van der Waals surface area contributed by atoms with Crippen molar-refractivity contribution in [3.05, 3.63) is 29.8 Å². The lowest BCUT2D eigenvalue weighted by atomic mass is 10.0. The van der Waals surface area contributed by atoms with Gasteiger partial charge in [0.1, 0.15) is 6.54 Å². The zero-order chi connectivity index (χ0) is 29.9. The number of aliphatic hydroxyl groups is 1. The first-order valence-electron chi connectivity index (χ1n) is 11.7. The predicted octanol–water partition coefficient (Wildman–Crippen LogP) is 0.113. The third kappa shape index (κ3) is 10.7. The molecule has 0 aliphatic rings. The lowest BCUT2D eigenvalue weighted by Gasteiger charge is -2.29. The number of carbonyl (C=O) groups is 3. The number of amides is 3. The summed E-state index contributed by atoms with van der Waals surface area (Å²) in [6.45, 7) is 0.437. The van der Waals surface area contributed by atoms with E-state index in [1.165, 1.54) is 0 Å². The Kier molecular flexibility index (Phi) is 14.6. The maximum atomic E-state index is 12.6. The van der Waals surface area contributed by atoms with E-state index < -0.39 is 51.1 Å². The molecule has 8 N–H and O–H groups in total. The molecule has 0 fully saturated rings. The van der Waals surface area contributed by atoms with Crippen LogP contribution in [0.25, 0.3) is 0 Å². The topological polar surface area (TPSA) is 231 Å². The standard InChI is InChI=1S/C21H34Cl2N4O10P2/c22-8-11-26(12-9-23)17-5-3-16(4-6-17)13-18(24)20(30)27(15-28)14-19(29)25-10-2-1-7-21(31,38(32,33)34)39(35,36)37/h3-6,15,18,31H,1-2,7-14,24H2,(H,25,29)(H2,32,33,34)(H2,35,36,37)/t18-/m0/s1. The number of unbranched alkanes of at least 4 members (excludes halogenated alkanes) is 1. The molecule has 0 unspecified atom stereocenters. The maximum Gasteiger partial charge on any atom is 0.369 e. The first kappa shape index (κ1) is 35.5. The minimum Gasteiger partial charge on any atom is -0.369 e. The highest BCUT2D eigenvalue weighted by atomic mass is 35.5. The van der Waals surface area contributed by atoms with E-state index in [4.69, 9.17) is 48.5 Å². The molecular formula is C21H34Cl2N4O10P2. The van der Waals surface area contributed by atoms with Crippen LogP contribution < -0.4 is 16.0 Å². The fraction of sp³-hybridized carbons (Fsp3) is 0.571. The fourth-order valence-corrected chi connectivity index (χ4v) is 6.19. The third-order valence-electron chi connectivity index (χ3n) is 5.70. The molecular weight excluding hydrogens is 601 g/mol. The van der Waals surface area contributed by atoms with Gasteiger partial charge < -0.3 is 40.6 Å². The summed E-state index contributed by atoms with van der Waals surface area (Å²) in [4.78, 5) is 75.3. The maximum absolute atomic E-state index is 12.6. The van der Waals surface area contributed by atoms with Crippen molar-refractivity contribution in [1.29, 1.82) is 0 Å². The average molecular weight is 635 g/mol. The molecule has 0 aromatic heterocycles. The average Bonchev–Trinajstić information content (AvgIpc) is 2.85. The van der Waals surface area contributed by atoms with E-state index in [0.717, 1.165) is 11.3 Å². The Balaban J connectivity index is 2.60. The second-order valence-electron chi connectivity index (χ2n) is 8.58. The second kappa shape index (κ2) is 16.0. The summed E-state index contributed by atoms with van der Waals surface area (Å²) in [5, 5.41) is 8.66. The van der Waals surface area contributed by atoms with Gasteiger partial charge in [-0.15, -0.1) is 23.2 Å². The highest BCUT2D eigenvalue weighted by Crippen LogP contribution is 2.69. The fourth-order valence-electron chi connectivity index (χ4n) is 3.52. The number of hydrogen-bond donors (Lipinski definition) is 7. The van der Waals surface area contributed by atoms with Gasteiger partial charge in [-0.25, -0.2) is 0 Å². The van der Waals surface area contributed by atoms with Crippen LogP contribution in [0.4, 0.5) is 5.69 Å². The van der Waals surface area contributed by atoms with Gasteiger partial charge in [0, 0.05) is 37.1 Å². The molecule has 0 bridgehead atoms. The summed E-state index contributed by atoms with van der Waals surface area (Å²) in [5.74, 6) is -0.692. The Morgan fingerprint density at radius 2 is 1.56 bits per heavy atom. The van der Waals surface area contributed by atoms with Crippen LogP contribution in [-0.4, -0.2) is 96.9 Å².